The van der Waals surface area contributed by atoms with Crippen LogP contribution in [-0.4, -0.2) is 89.2 Å². The van der Waals surface area contributed by atoms with Gasteiger partial charge in [0.25, 0.3) is 20.2 Å². The number of aryl methyl sites for hydroxylation is 1. The molecule has 2 aliphatic heterocycles. The SMILES string of the molecule is Cc1ccncc1.O=S(=O)(O)CCCC[N+]1=C2C=CCC=C2CCC1.O=S(=O)(O)CCCC[N+]1=C2C=CCC=C2CCC1. The predicted molar refractivity (Wildman–Crippen MR) is 172 cm³/mol. The molecule has 0 spiro atoms. The van der Waals surface area contributed by atoms with Crippen molar-refractivity contribution in [3.8, 4) is 0 Å². The second-order valence-corrected chi connectivity index (χ2v) is 14.3. The Kier molecular flexibility index (Phi) is 14.2. The number of nitrogens with zero attached hydrogens (tertiary/aromatic N) is 3. The quantitative estimate of drug-likeness (QED) is 0.212. The highest BCUT2D eigenvalue weighted by molar-refractivity contribution is 7.86. The largest absolute Gasteiger partial charge is 0.286 e. The number of aromatic nitrogens is 1. The van der Waals surface area contributed by atoms with Gasteiger partial charge in [0.2, 0.25) is 11.4 Å². The molecule has 0 amide bonds. The van der Waals surface area contributed by atoms with E-state index < -0.39 is 20.2 Å². The number of hydrogen-bond acceptors (Lipinski definition) is 5. The summed E-state index contributed by atoms with van der Waals surface area (Å²) in [4.78, 5) is 3.85. The number of unbranched alkanes of at least 4 members (excludes halogenated alkanes) is 2. The lowest BCUT2D eigenvalue weighted by Gasteiger charge is -2.17. The van der Waals surface area contributed by atoms with Gasteiger partial charge in [0.15, 0.2) is 0 Å². The zero-order valence-electron chi connectivity index (χ0n) is 25.3. The predicted octanol–water partition coefficient (Wildman–Crippen LogP) is 4.97. The fourth-order valence-electron chi connectivity index (χ4n) is 5.51. The van der Waals surface area contributed by atoms with Gasteiger partial charge in [-0.15, -0.1) is 0 Å². The Morgan fingerprint density at radius 1 is 0.721 bits per heavy atom. The van der Waals surface area contributed by atoms with Crippen molar-refractivity contribution in [3.05, 3.63) is 77.7 Å². The first-order chi connectivity index (χ1) is 20.5. The van der Waals surface area contributed by atoms with Gasteiger partial charge >= 0.3 is 0 Å². The lowest BCUT2D eigenvalue weighted by molar-refractivity contribution is -0.530. The van der Waals surface area contributed by atoms with Gasteiger partial charge in [-0.05, 0) is 63.1 Å². The van der Waals surface area contributed by atoms with Crippen molar-refractivity contribution in [2.45, 2.75) is 71.1 Å². The van der Waals surface area contributed by atoms with Crippen molar-refractivity contribution < 1.29 is 35.1 Å². The molecule has 3 heterocycles. The monoisotopic (exact) mass is 633 g/mol. The van der Waals surface area contributed by atoms with E-state index in [1.165, 1.54) is 41.0 Å². The lowest BCUT2D eigenvalue weighted by Crippen LogP contribution is -2.29. The molecule has 0 fully saturated rings. The molecular weight excluding hydrogens is 587 g/mol. The smallest absolute Gasteiger partial charge is 0.264 e. The van der Waals surface area contributed by atoms with Crippen molar-refractivity contribution in [2.75, 3.05) is 37.7 Å². The molecule has 11 heteroatoms. The van der Waals surface area contributed by atoms with E-state index in [9.17, 15) is 16.8 Å². The van der Waals surface area contributed by atoms with E-state index in [-0.39, 0.29) is 11.5 Å². The van der Waals surface area contributed by atoms with Crippen LogP contribution in [0.25, 0.3) is 0 Å². The molecule has 0 saturated carbocycles. The number of pyridine rings is 1. The number of rotatable bonds is 10. The van der Waals surface area contributed by atoms with Crippen molar-refractivity contribution >= 4 is 31.7 Å². The molecule has 0 unspecified atom stereocenters. The van der Waals surface area contributed by atoms with Crippen LogP contribution in [-0.2, 0) is 20.2 Å². The maximum atomic E-state index is 10.6. The van der Waals surface area contributed by atoms with Crippen LogP contribution < -0.4 is 0 Å². The normalized spacial score (nSPS) is 17.9. The Morgan fingerprint density at radius 2 is 1.16 bits per heavy atom. The summed E-state index contributed by atoms with van der Waals surface area (Å²) in [5, 5.41) is 0. The molecule has 1 aromatic rings. The van der Waals surface area contributed by atoms with Gasteiger partial charge < -0.3 is 0 Å². The third kappa shape index (κ3) is 13.6. The minimum Gasteiger partial charge on any atom is -0.286 e. The molecule has 0 radical (unpaired) electrons. The maximum absolute atomic E-state index is 10.6. The van der Waals surface area contributed by atoms with Gasteiger partial charge in [0, 0.05) is 61.4 Å². The molecule has 9 nitrogen and oxygen atoms in total. The molecule has 5 rings (SSSR count). The first-order valence-electron chi connectivity index (χ1n) is 15.2. The number of hydrogen-bond donors (Lipinski definition) is 2. The Bertz CT molecular complexity index is 1380. The van der Waals surface area contributed by atoms with E-state index in [2.05, 4.69) is 50.6 Å². The van der Waals surface area contributed by atoms with Crippen molar-refractivity contribution in [1.29, 1.82) is 0 Å². The summed E-state index contributed by atoms with van der Waals surface area (Å²) >= 11 is 0. The molecule has 236 valence electrons. The van der Waals surface area contributed by atoms with Crippen LogP contribution in [0.15, 0.2) is 72.1 Å². The van der Waals surface area contributed by atoms with E-state index in [4.69, 9.17) is 9.11 Å². The van der Waals surface area contributed by atoms with Gasteiger partial charge in [0.05, 0.1) is 11.5 Å². The van der Waals surface area contributed by atoms with Crippen LogP contribution in [0.1, 0.15) is 69.8 Å². The average Bonchev–Trinajstić information content (AvgIpc) is 2.98. The van der Waals surface area contributed by atoms with Crippen LogP contribution in [0.5, 0.6) is 0 Å². The topological polar surface area (TPSA) is 128 Å². The molecule has 0 aromatic carbocycles. The van der Waals surface area contributed by atoms with Crippen molar-refractivity contribution in [3.63, 3.8) is 0 Å². The standard InChI is InChI=1S/2C13H19NO3S.C6H7N/c2*15-18(16,17)11-4-3-9-14-10-5-7-12-6-1-2-8-13(12)14;1-6-2-4-7-5-3-6/h2*2,6,8H,1,3-5,7,9-11H2;2-5H,1H3/p+2. The summed E-state index contributed by atoms with van der Waals surface area (Å²) < 4.78 is 64.5. The summed E-state index contributed by atoms with van der Waals surface area (Å²) in [5.74, 6) is -0.260. The van der Waals surface area contributed by atoms with E-state index >= 15 is 0 Å². The van der Waals surface area contributed by atoms with Crippen LogP contribution in [0.3, 0.4) is 0 Å². The zero-order chi connectivity index (χ0) is 31.1. The highest BCUT2D eigenvalue weighted by Crippen LogP contribution is 2.20. The highest BCUT2D eigenvalue weighted by Gasteiger charge is 2.24. The van der Waals surface area contributed by atoms with E-state index in [1.54, 1.807) is 12.4 Å². The third-order valence-corrected chi connectivity index (χ3v) is 9.26. The summed E-state index contributed by atoms with van der Waals surface area (Å²) in [6, 6.07) is 3.94. The molecule has 1 aromatic heterocycles. The molecule has 4 aliphatic rings. The lowest BCUT2D eigenvalue weighted by atomic mass is 9.95. The molecule has 2 N–H and O–H groups in total. The summed E-state index contributed by atoms with van der Waals surface area (Å²) in [5.41, 5.74) is 6.73. The number of fused-ring (bicyclic) bond motifs is 2. The summed E-state index contributed by atoms with van der Waals surface area (Å²) in [6.07, 6.45) is 26.1. The van der Waals surface area contributed by atoms with Crippen LogP contribution in [0, 0.1) is 6.92 Å². The van der Waals surface area contributed by atoms with E-state index in [0.29, 0.717) is 12.8 Å². The first-order valence-corrected chi connectivity index (χ1v) is 18.5. The van der Waals surface area contributed by atoms with Gasteiger partial charge in [-0.3, -0.25) is 14.1 Å². The molecule has 0 bridgehead atoms. The second kappa shape index (κ2) is 17.5. The van der Waals surface area contributed by atoms with Crippen LogP contribution in [0.4, 0.5) is 0 Å². The fourth-order valence-corrected chi connectivity index (χ4v) is 6.65. The molecule has 0 atom stereocenters. The molecule has 2 aliphatic carbocycles. The van der Waals surface area contributed by atoms with Crippen LogP contribution in [0.2, 0.25) is 0 Å². The first kappa shape index (κ1) is 34.8. The van der Waals surface area contributed by atoms with Crippen molar-refractivity contribution in [1.82, 2.24) is 4.98 Å². The third-order valence-electron chi connectivity index (χ3n) is 7.65. The zero-order valence-corrected chi connectivity index (χ0v) is 26.9. The van der Waals surface area contributed by atoms with Crippen LogP contribution >= 0.6 is 0 Å². The molecule has 0 saturated heterocycles. The fraction of sp³-hybridized carbons (Fsp3) is 0.531. The average molecular weight is 634 g/mol. The molecule has 43 heavy (non-hydrogen) atoms. The molecular formula is C32H47N3O6S2+2. The number of allylic oxidation sites excluding steroid dienone is 8. The van der Waals surface area contributed by atoms with Gasteiger partial charge in [-0.1, -0.05) is 24.3 Å². The van der Waals surface area contributed by atoms with Gasteiger partial charge in [-0.25, -0.2) is 9.15 Å². The Balaban J connectivity index is 0.000000193. The van der Waals surface area contributed by atoms with E-state index in [0.717, 1.165) is 64.7 Å². The minimum atomic E-state index is -3.80. The van der Waals surface area contributed by atoms with Gasteiger partial charge in [0.1, 0.15) is 26.2 Å². The summed E-state index contributed by atoms with van der Waals surface area (Å²) in [6.45, 7) is 5.87. The Morgan fingerprint density at radius 3 is 1.53 bits per heavy atom. The highest BCUT2D eigenvalue weighted by atomic mass is 32.2. The minimum absolute atomic E-state index is 0.130. The Hall–Kier alpha value is -2.73. The second-order valence-electron chi connectivity index (χ2n) is 11.2. The van der Waals surface area contributed by atoms with Gasteiger partial charge in [-0.2, -0.15) is 16.8 Å². The Labute approximate surface area is 257 Å². The van der Waals surface area contributed by atoms with Crippen molar-refractivity contribution in [2.24, 2.45) is 0 Å². The van der Waals surface area contributed by atoms with E-state index in [1.807, 2.05) is 19.1 Å². The maximum Gasteiger partial charge on any atom is 0.264 e. The summed E-state index contributed by atoms with van der Waals surface area (Å²) in [7, 11) is -7.60.